The van der Waals surface area contributed by atoms with E-state index in [1.807, 2.05) is 19.4 Å². The van der Waals surface area contributed by atoms with E-state index in [1.165, 1.54) is 0 Å². The van der Waals surface area contributed by atoms with Crippen molar-refractivity contribution in [3.63, 3.8) is 0 Å². The minimum atomic E-state index is 0.682. The van der Waals surface area contributed by atoms with Crippen LogP contribution in [0.1, 0.15) is 18.7 Å². The van der Waals surface area contributed by atoms with Crippen LogP contribution in [0.3, 0.4) is 0 Å². The average Bonchev–Trinajstić information content (AvgIpc) is 2.77. The fourth-order valence-electron chi connectivity index (χ4n) is 1.66. The zero-order chi connectivity index (χ0) is 13.1. The molecule has 18 heavy (non-hydrogen) atoms. The number of unbranched alkanes of at least 4 members (excludes halogenated alkanes) is 1. The first kappa shape index (κ1) is 15.1. The summed E-state index contributed by atoms with van der Waals surface area (Å²) in [5.41, 5.74) is 0. The van der Waals surface area contributed by atoms with Crippen LogP contribution in [0.2, 0.25) is 0 Å². The Morgan fingerprint density at radius 2 is 2.11 bits per heavy atom. The van der Waals surface area contributed by atoms with E-state index in [0.29, 0.717) is 13.2 Å². The lowest BCUT2D eigenvalue weighted by atomic mass is 10.3. The second kappa shape index (κ2) is 10.1. The molecule has 5 nitrogen and oxygen atoms in total. The van der Waals surface area contributed by atoms with E-state index < -0.39 is 0 Å². The zero-order valence-electron chi connectivity index (χ0n) is 11.5. The summed E-state index contributed by atoms with van der Waals surface area (Å²) in [5.74, 6) is 1.13. The van der Waals surface area contributed by atoms with E-state index in [-0.39, 0.29) is 0 Å². The molecule has 0 unspecified atom stereocenters. The number of aryl methyl sites for hydroxylation is 1. The fourth-order valence-corrected chi connectivity index (χ4v) is 1.66. The summed E-state index contributed by atoms with van der Waals surface area (Å²) in [7, 11) is 3.72. The molecular weight excluding hydrogens is 230 g/mol. The normalized spacial score (nSPS) is 11.0. The van der Waals surface area contributed by atoms with E-state index in [9.17, 15) is 0 Å². The van der Waals surface area contributed by atoms with Crippen LogP contribution in [0.25, 0.3) is 0 Å². The van der Waals surface area contributed by atoms with Gasteiger partial charge in [0.25, 0.3) is 0 Å². The van der Waals surface area contributed by atoms with Crippen LogP contribution >= 0.6 is 0 Å². The number of nitrogens with zero attached hydrogens (tertiary/aromatic N) is 2. The van der Waals surface area contributed by atoms with Gasteiger partial charge in [-0.2, -0.15) is 0 Å². The quantitative estimate of drug-likeness (QED) is 0.599. The largest absolute Gasteiger partial charge is 0.382 e. The van der Waals surface area contributed by atoms with E-state index in [1.54, 1.807) is 7.11 Å². The van der Waals surface area contributed by atoms with Gasteiger partial charge in [-0.15, -0.1) is 0 Å². The topological polar surface area (TPSA) is 48.3 Å². The van der Waals surface area contributed by atoms with Crippen LogP contribution in [0, 0.1) is 0 Å². The smallest absolute Gasteiger partial charge is 0.109 e. The molecule has 0 aliphatic carbocycles. The van der Waals surface area contributed by atoms with Crippen molar-refractivity contribution in [2.75, 3.05) is 40.0 Å². The molecule has 0 atom stereocenters. The number of rotatable bonds is 11. The molecule has 0 radical (unpaired) electrons. The second-order valence-corrected chi connectivity index (χ2v) is 4.27. The Morgan fingerprint density at radius 1 is 1.22 bits per heavy atom. The number of imidazole rings is 1. The number of nitrogens with one attached hydrogen (secondary N) is 1. The van der Waals surface area contributed by atoms with Crippen molar-refractivity contribution in [3.05, 3.63) is 18.2 Å². The van der Waals surface area contributed by atoms with Gasteiger partial charge in [-0.25, -0.2) is 4.98 Å². The Hall–Kier alpha value is -0.910. The molecule has 0 amide bonds. The van der Waals surface area contributed by atoms with Crippen molar-refractivity contribution >= 4 is 0 Å². The first-order chi connectivity index (χ1) is 8.84. The molecule has 0 aliphatic heterocycles. The minimum absolute atomic E-state index is 0.682. The van der Waals surface area contributed by atoms with Gasteiger partial charge in [0.1, 0.15) is 5.82 Å². The minimum Gasteiger partial charge on any atom is -0.382 e. The highest BCUT2D eigenvalue weighted by atomic mass is 16.5. The standard InChI is InChI=1S/C13H25N3O2/c1-16-9-8-15-13(16)5-7-14-6-3-4-10-18-12-11-17-2/h8-9,14H,3-7,10-12H2,1-2H3. The molecule has 0 saturated carbocycles. The highest BCUT2D eigenvalue weighted by molar-refractivity contribution is 4.91. The summed E-state index contributed by atoms with van der Waals surface area (Å²) in [6.07, 6.45) is 7.04. The van der Waals surface area contributed by atoms with Crippen LogP contribution < -0.4 is 5.32 Å². The Morgan fingerprint density at radius 3 is 2.83 bits per heavy atom. The molecule has 1 heterocycles. The number of ether oxygens (including phenoxy) is 2. The molecule has 5 heteroatoms. The molecule has 0 aromatic carbocycles. The monoisotopic (exact) mass is 255 g/mol. The van der Waals surface area contributed by atoms with Gasteiger partial charge in [0.2, 0.25) is 0 Å². The molecule has 1 aromatic heterocycles. The average molecular weight is 255 g/mol. The molecule has 1 rings (SSSR count). The third-order valence-corrected chi connectivity index (χ3v) is 2.77. The van der Waals surface area contributed by atoms with Gasteiger partial charge < -0.3 is 19.4 Å². The van der Waals surface area contributed by atoms with Gasteiger partial charge in [0.05, 0.1) is 13.2 Å². The summed E-state index contributed by atoms with van der Waals surface area (Å²) in [6, 6.07) is 0. The predicted octanol–water partition coefficient (Wildman–Crippen LogP) is 0.995. The molecular formula is C13H25N3O2. The maximum Gasteiger partial charge on any atom is 0.109 e. The Balaban J connectivity index is 1.83. The van der Waals surface area contributed by atoms with Crippen LogP contribution in [-0.4, -0.2) is 49.6 Å². The lowest BCUT2D eigenvalue weighted by molar-refractivity contribution is 0.0688. The van der Waals surface area contributed by atoms with Crippen LogP contribution in [-0.2, 0) is 22.9 Å². The fraction of sp³-hybridized carbons (Fsp3) is 0.769. The molecule has 1 N–H and O–H groups in total. The van der Waals surface area contributed by atoms with Crippen LogP contribution in [0.4, 0.5) is 0 Å². The zero-order valence-corrected chi connectivity index (χ0v) is 11.5. The van der Waals surface area contributed by atoms with Gasteiger partial charge in [-0.3, -0.25) is 0 Å². The first-order valence-electron chi connectivity index (χ1n) is 6.58. The summed E-state index contributed by atoms with van der Waals surface area (Å²) >= 11 is 0. The Labute approximate surface area is 109 Å². The van der Waals surface area contributed by atoms with Crippen molar-refractivity contribution in [1.29, 1.82) is 0 Å². The van der Waals surface area contributed by atoms with Crippen LogP contribution in [0.5, 0.6) is 0 Å². The maximum absolute atomic E-state index is 5.39. The van der Waals surface area contributed by atoms with E-state index >= 15 is 0 Å². The summed E-state index contributed by atoms with van der Waals surface area (Å²) in [4.78, 5) is 4.28. The summed E-state index contributed by atoms with van der Waals surface area (Å²) < 4.78 is 12.4. The van der Waals surface area contributed by atoms with Gasteiger partial charge in [-0.05, 0) is 19.4 Å². The first-order valence-corrected chi connectivity index (χ1v) is 6.58. The van der Waals surface area contributed by atoms with Gasteiger partial charge in [-0.1, -0.05) is 0 Å². The molecule has 104 valence electrons. The number of aromatic nitrogens is 2. The van der Waals surface area contributed by atoms with Crippen molar-refractivity contribution in [2.24, 2.45) is 7.05 Å². The third kappa shape index (κ3) is 6.74. The van der Waals surface area contributed by atoms with Gasteiger partial charge >= 0.3 is 0 Å². The lowest BCUT2D eigenvalue weighted by Crippen LogP contribution is -2.20. The molecule has 0 aliphatic rings. The van der Waals surface area contributed by atoms with Crippen molar-refractivity contribution in [3.8, 4) is 0 Å². The Kier molecular flexibility index (Phi) is 8.46. The number of hydrogen-bond donors (Lipinski definition) is 1. The van der Waals surface area contributed by atoms with Gasteiger partial charge in [0.15, 0.2) is 0 Å². The van der Waals surface area contributed by atoms with Crippen LogP contribution in [0.15, 0.2) is 12.4 Å². The van der Waals surface area contributed by atoms with E-state index in [4.69, 9.17) is 9.47 Å². The van der Waals surface area contributed by atoms with Gasteiger partial charge in [0, 0.05) is 46.1 Å². The SMILES string of the molecule is COCCOCCCCNCCc1nccn1C. The van der Waals surface area contributed by atoms with E-state index in [2.05, 4.69) is 14.9 Å². The lowest BCUT2D eigenvalue weighted by Gasteiger charge is -2.06. The third-order valence-electron chi connectivity index (χ3n) is 2.77. The molecule has 0 spiro atoms. The second-order valence-electron chi connectivity index (χ2n) is 4.27. The van der Waals surface area contributed by atoms with Crippen molar-refractivity contribution in [2.45, 2.75) is 19.3 Å². The highest BCUT2D eigenvalue weighted by Crippen LogP contribution is 1.94. The molecule has 0 bridgehead atoms. The molecule has 0 fully saturated rings. The number of methoxy groups -OCH3 is 1. The predicted molar refractivity (Wildman–Crippen MR) is 71.7 cm³/mol. The molecule has 1 aromatic rings. The summed E-state index contributed by atoms with van der Waals surface area (Å²) in [5, 5.41) is 3.42. The number of hydrogen-bond acceptors (Lipinski definition) is 4. The highest BCUT2D eigenvalue weighted by Gasteiger charge is 1.97. The Bertz CT molecular complexity index is 302. The maximum atomic E-state index is 5.39. The van der Waals surface area contributed by atoms with Crippen molar-refractivity contribution < 1.29 is 9.47 Å². The van der Waals surface area contributed by atoms with E-state index in [0.717, 1.165) is 44.8 Å². The summed E-state index contributed by atoms with van der Waals surface area (Å²) in [6.45, 7) is 4.23. The molecule has 0 saturated heterocycles. The van der Waals surface area contributed by atoms with Crippen molar-refractivity contribution in [1.82, 2.24) is 14.9 Å².